The molecule has 32 heavy (non-hydrogen) atoms. The summed E-state index contributed by atoms with van der Waals surface area (Å²) in [6.45, 7) is 1.62. The van der Waals surface area contributed by atoms with Crippen molar-refractivity contribution in [1.82, 2.24) is 9.62 Å². The summed E-state index contributed by atoms with van der Waals surface area (Å²) < 4.78 is 27.9. The van der Waals surface area contributed by atoms with Crippen LogP contribution in [-0.4, -0.2) is 43.2 Å². The van der Waals surface area contributed by atoms with Crippen molar-refractivity contribution in [2.45, 2.75) is 68.8 Å². The molecular formula is C23H30ClN3O4S. The van der Waals surface area contributed by atoms with Gasteiger partial charge in [-0.1, -0.05) is 17.7 Å². The number of sulfonamides is 1. The van der Waals surface area contributed by atoms with E-state index in [1.807, 2.05) is 6.92 Å². The number of primary amides is 1. The molecule has 7 nitrogen and oxygen atoms in total. The van der Waals surface area contributed by atoms with Gasteiger partial charge >= 0.3 is 0 Å². The van der Waals surface area contributed by atoms with Crippen LogP contribution in [0.3, 0.4) is 0 Å². The average Bonchev–Trinajstić information content (AvgIpc) is 3.55. The zero-order valence-electron chi connectivity index (χ0n) is 18.2. The zero-order valence-corrected chi connectivity index (χ0v) is 19.8. The predicted molar refractivity (Wildman–Crippen MR) is 120 cm³/mol. The maximum absolute atomic E-state index is 13.3. The third kappa shape index (κ3) is 3.74. The number of carbonyl (C=O) groups is 2. The van der Waals surface area contributed by atoms with E-state index in [1.54, 1.807) is 12.1 Å². The van der Waals surface area contributed by atoms with E-state index >= 15 is 0 Å². The number of nitrogens with zero attached hydrogens (tertiary/aromatic N) is 1. The highest BCUT2D eigenvalue weighted by Crippen LogP contribution is 2.59. The number of benzene rings is 1. The van der Waals surface area contributed by atoms with Crippen LogP contribution in [0.5, 0.6) is 0 Å². The van der Waals surface area contributed by atoms with Crippen molar-refractivity contribution >= 4 is 33.4 Å². The highest BCUT2D eigenvalue weighted by molar-refractivity contribution is 7.89. The summed E-state index contributed by atoms with van der Waals surface area (Å²) in [7, 11) is -3.83. The molecule has 0 aromatic heterocycles. The van der Waals surface area contributed by atoms with Gasteiger partial charge in [-0.3, -0.25) is 9.59 Å². The van der Waals surface area contributed by atoms with Crippen LogP contribution in [0.2, 0.25) is 5.02 Å². The largest absolute Gasteiger partial charge is 0.369 e. The zero-order chi connectivity index (χ0) is 22.8. The molecule has 174 valence electrons. The molecule has 0 spiro atoms. The van der Waals surface area contributed by atoms with Crippen molar-refractivity contribution in [3.8, 4) is 0 Å². The van der Waals surface area contributed by atoms with E-state index in [0.717, 1.165) is 50.5 Å². The standard InChI is InChI=1S/C23H30ClN3O4S/c1-13-2-5-18(8-19(13)24)32(30,31)27(17-3-4-17)12-20(28)26-21-15-6-14-7-16(21)11-23(9-14,10-15)22(25)29/h2,5,8,14-17,21H,3-4,6-7,9-12H2,1H3,(H2,25,29)(H,26,28). The molecular weight excluding hydrogens is 450 g/mol. The molecule has 0 radical (unpaired) electrons. The van der Waals surface area contributed by atoms with E-state index in [-0.39, 0.29) is 47.2 Å². The lowest BCUT2D eigenvalue weighted by Crippen LogP contribution is -2.62. The van der Waals surface area contributed by atoms with E-state index in [1.165, 1.54) is 10.4 Å². The molecule has 4 bridgehead atoms. The Morgan fingerprint density at radius 3 is 2.41 bits per heavy atom. The van der Waals surface area contributed by atoms with Crippen LogP contribution in [0.25, 0.3) is 0 Å². The third-order valence-electron chi connectivity index (χ3n) is 8.13. The number of hydrogen-bond donors (Lipinski definition) is 2. The maximum Gasteiger partial charge on any atom is 0.243 e. The van der Waals surface area contributed by atoms with Crippen LogP contribution < -0.4 is 11.1 Å². The Morgan fingerprint density at radius 1 is 1.19 bits per heavy atom. The van der Waals surface area contributed by atoms with Gasteiger partial charge in [-0.05, 0) is 87.3 Å². The van der Waals surface area contributed by atoms with Crippen LogP contribution in [0.15, 0.2) is 23.1 Å². The molecule has 9 heteroatoms. The first-order valence-electron chi connectivity index (χ1n) is 11.5. The Bertz CT molecular complexity index is 1050. The molecule has 5 aliphatic carbocycles. The summed E-state index contributed by atoms with van der Waals surface area (Å²) in [5.74, 6) is 0.496. The lowest BCUT2D eigenvalue weighted by atomic mass is 9.47. The van der Waals surface area contributed by atoms with Crippen molar-refractivity contribution in [1.29, 1.82) is 0 Å². The van der Waals surface area contributed by atoms with Crippen LogP contribution in [0.1, 0.15) is 50.5 Å². The van der Waals surface area contributed by atoms with Gasteiger partial charge in [0.05, 0.1) is 11.4 Å². The number of aryl methyl sites for hydroxylation is 1. The molecule has 5 fully saturated rings. The van der Waals surface area contributed by atoms with Gasteiger partial charge < -0.3 is 11.1 Å². The second-order valence-electron chi connectivity index (χ2n) is 10.4. The van der Waals surface area contributed by atoms with Gasteiger partial charge in [-0.15, -0.1) is 0 Å². The number of halogens is 1. The lowest BCUT2D eigenvalue weighted by Gasteiger charge is -2.58. The molecule has 1 aromatic carbocycles. The number of nitrogens with one attached hydrogen (secondary N) is 1. The van der Waals surface area contributed by atoms with Gasteiger partial charge in [-0.25, -0.2) is 8.42 Å². The second-order valence-corrected chi connectivity index (χ2v) is 12.7. The highest BCUT2D eigenvalue weighted by Gasteiger charge is 2.58. The monoisotopic (exact) mass is 479 g/mol. The number of rotatable bonds is 7. The Kier molecular flexibility index (Phi) is 5.34. The normalized spacial score (nSPS) is 33.5. The number of carbonyl (C=O) groups excluding carboxylic acids is 2. The summed E-state index contributed by atoms with van der Waals surface area (Å²) in [5, 5.41) is 3.54. The minimum Gasteiger partial charge on any atom is -0.369 e. The molecule has 2 atom stereocenters. The third-order valence-corrected chi connectivity index (χ3v) is 10.4. The van der Waals surface area contributed by atoms with Gasteiger partial charge in [-0.2, -0.15) is 4.31 Å². The summed E-state index contributed by atoms with van der Waals surface area (Å²) in [4.78, 5) is 25.3. The van der Waals surface area contributed by atoms with Crippen molar-refractivity contribution in [2.24, 2.45) is 28.9 Å². The molecule has 5 saturated carbocycles. The van der Waals surface area contributed by atoms with Crippen LogP contribution in [0.4, 0.5) is 0 Å². The van der Waals surface area contributed by atoms with Gasteiger partial charge in [0.25, 0.3) is 0 Å². The first kappa shape index (κ1) is 22.2. The maximum atomic E-state index is 13.3. The van der Waals surface area contributed by atoms with Crippen molar-refractivity contribution in [2.75, 3.05) is 6.54 Å². The minimum absolute atomic E-state index is 0.0101. The fourth-order valence-corrected chi connectivity index (χ4v) is 8.49. The van der Waals surface area contributed by atoms with Crippen LogP contribution in [-0.2, 0) is 19.6 Å². The van der Waals surface area contributed by atoms with Gasteiger partial charge in [0, 0.05) is 22.5 Å². The molecule has 0 aliphatic heterocycles. The smallest absolute Gasteiger partial charge is 0.243 e. The molecule has 5 aliphatic rings. The number of hydrogen-bond acceptors (Lipinski definition) is 4. The SMILES string of the molecule is Cc1ccc(S(=O)(=O)N(CC(=O)NC2C3CC4CC2CC(C(N)=O)(C4)C3)C2CC2)cc1Cl. The Labute approximate surface area is 194 Å². The first-order valence-corrected chi connectivity index (χ1v) is 13.3. The Hall–Kier alpha value is -1.64. The molecule has 6 rings (SSSR count). The second kappa shape index (κ2) is 7.71. The number of amides is 2. The average molecular weight is 480 g/mol. The van der Waals surface area contributed by atoms with Crippen LogP contribution >= 0.6 is 11.6 Å². The first-order chi connectivity index (χ1) is 15.1. The fraction of sp³-hybridized carbons (Fsp3) is 0.652. The Balaban J connectivity index is 1.31. The van der Waals surface area contributed by atoms with E-state index < -0.39 is 15.4 Å². The van der Waals surface area contributed by atoms with E-state index in [4.69, 9.17) is 17.3 Å². The molecule has 1 aromatic rings. The summed E-state index contributed by atoms with van der Waals surface area (Å²) in [6.07, 6.45) is 5.85. The van der Waals surface area contributed by atoms with Gasteiger partial charge in [0.1, 0.15) is 0 Å². The highest BCUT2D eigenvalue weighted by atomic mass is 35.5. The van der Waals surface area contributed by atoms with Gasteiger partial charge in [0.15, 0.2) is 0 Å². The summed E-state index contributed by atoms with van der Waals surface area (Å²) in [6, 6.07) is 4.53. The Morgan fingerprint density at radius 2 is 1.84 bits per heavy atom. The van der Waals surface area contributed by atoms with Crippen LogP contribution in [0, 0.1) is 30.1 Å². The summed E-state index contributed by atoms with van der Waals surface area (Å²) >= 11 is 6.16. The molecule has 2 unspecified atom stereocenters. The van der Waals surface area contributed by atoms with E-state index in [9.17, 15) is 18.0 Å². The van der Waals surface area contributed by atoms with E-state index in [2.05, 4.69) is 5.32 Å². The predicted octanol–water partition coefficient (Wildman–Crippen LogP) is 2.60. The minimum atomic E-state index is -3.83. The molecule has 3 N–H and O–H groups in total. The molecule has 0 saturated heterocycles. The summed E-state index contributed by atoms with van der Waals surface area (Å²) in [5.41, 5.74) is 6.15. The molecule has 0 heterocycles. The van der Waals surface area contributed by atoms with Crippen molar-refractivity contribution in [3.63, 3.8) is 0 Å². The number of nitrogens with two attached hydrogens (primary N) is 1. The van der Waals surface area contributed by atoms with Gasteiger partial charge in [0.2, 0.25) is 21.8 Å². The van der Waals surface area contributed by atoms with E-state index in [0.29, 0.717) is 10.9 Å². The fourth-order valence-electron chi connectivity index (χ4n) is 6.58. The topological polar surface area (TPSA) is 110 Å². The lowest BCUT2D eigenvalue weighted by molar-refractivity contribution is -0.147. The van der Waals surface area contributed by atoms with Crippen molar-refractivity contribution < 1.29 is 18.0 Å². The van der Waals surface area contributed by atoms with Crippen molar-refractivity contribution in [3.05, 3.63) is 28.8 Å². The molecule has 2 amide bonds. The quantitative estimate of drug-likeness (QED) is 0.626.